The van der Waals surface area contributed by atoms with Crippen LogP contribution in [0.2, 0.25) is 0 Å². The van der Waals surface area contributed by atoms with E-state index in [2.05, 4.69) is 41.4 Å². The van der Waals surface area contributed by atoms with Crippen molar-refractivity contribution in [3.8, 4) is 0 Å². The Hall–Kier alpha value is -2.93. The van der Waals surface area contributed by atoms with Crippen molar-refractivity contribution in [1.29, 1.82) is 0 Å². The number of hydrogen-bond acceptors (Lipinski definition) is 6. The quantitative estimate of drug-likeness (QED) is 0.774. The second-order valence-electron chi connectivity index (χ2n) is 7.74. The SMILES string of the molecule is Cc1cc(NC(=O)CN(C)CC(=O)C=C2N(C)c3ccccc3C2(C)C)no1. The summed E-state index contributed by atoms with van der Waals surface area (Å²) in [4.78, 5) is 28.5. The predicted molar refractivity (Wildman–Crippen MR) is 108 cm³/mol. The lowest BCUT2D eigenvalue weighted by atomic mass is 9.83. The van der Waals surface area contributed by atoms with E-state index in [1.54, 1.807) is 31.0 Å². The zero-order valence-corrected chi connectivity index (χ0v) is 16.9. The Bertz CT molecular complexity index is 929. The number of anilines is 2. The Morgan fingerprint density at radius 3 is 2.64 bits per heavy atom. The normalized spacial score (nSPS) is 16.5. The van der Waals surface area contributed by atoms with Crippen LogP contribution in [0, 0.1) is 6.92 Å². The molecule has 1 N–H and O–H groups in total. The van der Waals surface area contributed by atoms with Gasteiger partial charge in [-0.05, 0) is 25.6 Å². The summed E-state index contributed by atoms with van der Waals surface area (Å²) < 4.78 is 4.92. The molecule has 3 rings (SSSR count). The Morgan fingerprint density at radius 1 is 1.29 bits per heavy atom. The first-order valence-corrected chi connectivity index (χ1v) is 9.18. The second kappa shape index (κ2) is 7.59. The van der Waals surface area contributed by atoms with Crippen LogP contribution < -0.4 is 10.2 Å². The molecule has 1 aliphatic rings. The summed E-state index contributed by atoms with van der Waals surface area (Å²) in [7, 11) is 3.71. The van der Waals surface area contributed by atoms with Crippen LogP contribution in [0.1, 0.15) is 25.2 Å². The van der Waals surface area contributed by atoms with Gasteiger partial charge < -0.3 is 14.7 Å². The fraction of sp³-hybridized carbons (Fsp3) is 0.381. The molecule has 0 saturated heterocycles. The number of rotatable bonds is 6. The molecule has 0 radical (unpaired) electrons. The standard InChI is InChI=1S/C21H26N4O3/c1-14-10-19(23-28-14)22-20(27)13-24(4)12-15(26)11-18-21(2,3)16-8-6-7-9-17(16)25(18)5/h6-11H,12-13H2,1-5H3,(H,22,23,27). The van der Waals surface area contributed by atoms with Crippen molar-refractivity contribution in [2.75, 3.05) is 37.4 Å². The van der Waals surface area contributed by atoms with Crippen LogP contribution in [0.5, 0.6) is 0 Å². The number of likely N-dealkylation sites (N-methyl/N-ethyl adjacent to an activating group) is 2. The first-order valence-electron chi connectivity index (χ1n) is 9.18. The van der Waals surface area contributed by atoms with E-state index >= 15 is 0 Å². The number of benzene rings is 1. The third-order valence-electron chi connectivity index (χ3n) is 4.97. The van der Waals surface area contributed by atoms with Gasteiger partial charge in [-0.2, -0.15) is 0 Å². The molecule has 7 nitrogen and oxygen atoms in total. The first kappa shape index (κ1) is 19.8. The lowest BCUT2D eigenvalue weighted by molar-refractivity contribution is -0.118. The minimum absolute atomic E-state index is 0.0460. The molecule has 1 aromatic carbocycles. The number of fused-ring (bicyclic) bond motifs is 1. The maximum Gasteiger partial charge on any atom is 0.239 e. The topological polar surface area (TPSA) is 78.7 Å². The maximum absolute atomic E-state index is 12.6. The summed E-state index contributed by atoms with van der Waals surface area (Å²) in [5.74, 6) is 0.698. The van der Waals surface area contributed by atoms with Crippen molar-refractivity contribution in [1.82, 2.24) is 10.1 Å². The van der Waals surface area contributed by atoms with Gasteiger partial charge >= 0.3 is 0 Å². The number of allylic oxidation sites excluding steroid dienone is 1. The van der Waals surface area contributed by atoms with E-state index in [-0.39, 0.29) is 30.2 Å². The number of aryl methyl sites for hydroxylation is 1. The lowest BCUT2D eigenvalue weighted by Gasteiger charge is -2.24. The number of carbonyl (C=O) groups excluding carboxylic acids is 2. The van der Waals surface area contributed by atoms with E-state index in [0.29, 0.717) is 11.6 Å². The Morgan fingerprint density at radius 2 is 2.00 bits per heavy atom. The van der Waals surface area contributed by atoms with Crippen LogP contribution in [0.3, 0.4) is 0 Å². The molecule has 0 bridgehead atoms. The smallest absolute Gasteiger partial charge is 0.239 e. The molecule has 2 aromatic rings. The maximum atomic E-state index is 12.6. The van der Waals surface area contributed by atoms with E-state index < -0.39 is 0 Å². The summed E-state index contributed by atoms with van der Waals surface area (Å²) >= 11 is 0. The predicted octanol–water partition coefficient (Wildman–Crippen LogP) is 2.73. The third-order valence-corrected chi connectivity index (χ3v) is 4.97. The highest BCUT2D eigenvalue weighted by molar-refractivity contribution is 5.95. The zero-order chi connectivity index (χ0) is 20.5. The molecule has 1 amide bonds. The van der Waals surface area contributed by atoms with Gasteiger partial charge in [0, 0.05) is 36.0 Å². The average molecular weight is 382 g/mol. The molecule has 0 atom stereocenters. The largest absolute Gasteiger partial charge is 0.360 e. The van der Waals surface area contributed by atoms with Gasteiger partial charge in [-0.3, -0.25) is 14.5 Å². The number of nitrogens with zero attached hydrogens (tertiary/aromatic N) is 3. The minimum atomic E-state index is -0.248. The van der Waals surface area contributed by atoms with Crippen molar-refractivity contribution < 1.29 is 14.1 Å². The number of para-hydroxylation sites is 1. The highest BCUT2D eigenvalue weighted by Gasteiger charge is 2.38. The molecule has 7 heteroatoms. The summed E-state index contributed by atoms with van der Waals surface area (Å²) in [5, 5.41) is 6.38. The van der Waals surface area contributed by atoms with Crippen LogP contribution in [-0.2, 0) is 15.0 Å². The molecule has 0 spiro atoms. The van der Waals surface area contributed by atoms with Gasteiger partial charge in [0.25, 0.3) is 0 Å². The molecule has 2 heterocycles. The number of carbonyl (C=O) groups is 2. The monoisotopic (exact) mass is 382 g/mol. The molecular weight excluding hydrogens is 356 g/mol. The molecular formula is C21H26N4O3. The molecule has 1 aromatic heterocycles. The Balaban J connectivity index is 1.62. The number of hydrogen-bond donors (Lipinski definition) is 1. The van der Waals surface area contributed by atoms with Crippen LogP contribution in [0.25, 0.3) is 0 Å². The van der Waals surface area contributed by atoms with Crippen LogP contribution in [-0.4, -0.2) is 48.9 Å². The van der Waals surface area contributed by atoms with Gasteiger partial charge in [-0.15, -0.1) is 0 Å². The number of aromatic nitrogens is 1. The third kappa shape index (κ3) is 3.99. The molecule has 148 valence electrons. The Labute approximate surface area is 165 Å². The summed E-state index contributed by atoms with van der Waals surface area (Å²) in [6.45, 7) is 6.22. The van der Waals surface area contributed by atoms with Crippen molar-refractivity contribution in [3.05, 3.63) is 53.4 Å². The van der Waals surface area contributed by atoms with Crippen LogP contribution in [0.4, 0.5) is 11.5 Å². The van der Waals surface area contributed by atoms with Gasteiger partial charge in [0.1, 0.15) is 5.76 Å². The van der Waals surface area contributed by atoms with Gasteiger partial charge in [0.2, 0.25) is 5.91 Å². The number of ketones is 1. The van der Waals surface area contributed by atoms with Gasteiger partial charge in [-0.1, -0.05) is 37.2 Å². The first-order chi connectivity index (χ1) is 13.2. The summed E-state index contributed by atoms with van der Waals surface area (Å²) in [5.41, 5.74) is 3.02. The minimum Gasteiger partial charge on any atom is -0.360 e. The zero-order valence-electron chi connectivity index (χ0n) is 16.9. The number of amides is 1. The van der Waals surface area contributed by atoms with Gasteiger partial charge in [-0.25, -0.2) is 0 Å². The van der Waals surface area contributed by atoms with E-state index in [0.717, 1.165) is 11.4 Å². The molecule has 0 unspecified atom stereocenters. The van der Waals surface area contributed by atoms with Gasteiger partial charge in [0.15, 0.2) is 11.6 Å². The molecule has 0 aliphatic carbocycles. The molecule has 28 heavy (non-hydrogen) atoms. The summed E-state index contributed by atoms with van der Waals surface area (Å²) in [6, 6.07) is 9.81. The molecule has 0 saturated carbocycles. The second-order valence-corrected chi connectivity index (χ2v) is 7.74. The van der Waals surface area contributed by atoms with Crippen molar-refractivity contribution in [2.45, 2.75) is 26.2 Å². The average Bonchev–Trinajstić information content (AvgIpc) is 3.10. The lowest BCUT2D eigenvalue weighted by Crippen LogP contribution is -2.34. The number of nitrogens with one attached hydrogen (secondary N) is 1. The van der Waals surface area contributed by atoms with Crippen LogP contribution in [0.15, 0.2) is 46.6 Å². The van der Waals surface area contributed by atoms with Crippen molar-refractivity contribution in [2.24, 2.45) is 0 Å². The van der Waals surface area contributed by atoms with Crippen molar-refractivity contribution in [3.63, 3.8) is 0 Å². The van der Waals surface area contributed by atoms with E-state index in [4.69, 9.17) is 4.52 Å². The molecule has 1 aliphatic heterocycles. The molecule has 0 fully saturated rings. The fourth-order valence-corrected chi connectivity index (χ4v) is 3.63. The van der Waals surface area contributed by atoms with E-state index in [1.807, 2.05) is 19.2 Å². The fourth-order valence-electron chi connectivity index (χ4n) is 3.63. The van der Waals surface area contributed by atoms with Crippen molar-refractivity contribution >= 4 is 23.2 Å². The Kier molecular flexibility index (Phi) is 5.38. The van der Waals surface area contributed by atoms with E-state index in [1.165, 1.54) is 5.56 Å². The summed E-state index contributed by atoms with van der Waals surface area (Å²) in [6.07, 6.45) is 1.69. The highest BCUT2D eigenvalue weighted by atomic mass is 16.5. The van der Waals surface area contributed by atoms with Gasteiger partial charge in [0.05, 0.1) is 13.1 Å². The van der Waals surface area contributed by atoms with Crippen LogP contribution >= 0.6 is 0 Å². The van der Waals surface area contributed by atoms with E-state index in [9.17, 15) is 9.59 Å². The highest BCUT2D eigenvalue weighted by Crippen LogP contribution is 2.46.